The fourth-order valence-electron chi connectivity index (χ4n) is 3.19. The number of hydrogen-bond donors (Lipinski definition) is 0. The van der Waals surface area contributed by atoms with E-state index in [2.05, 4.69) is 18.7 Å². The smallest absolute Gasteiger partial charge is 0.253 e. The van der Waals surface area contributed by atoms with Gasteiger partial charge in [0.2, 0.25) is 5.91 Å². The Hall–Kier alpha value is -1.69. The second kappa shape index (κ2) is 8.42. The summed E-state index contributed by atoms with van der Waals surface area (Å²) in [6.07, 6.45) is 4.96. The van der Waals surface area contributed by atoms with Crippen molar-refractivity contribution in [2.24, 2.45) is 11.8 Å². The number of hydrogen-bond acceptors (Lipinski definition) is 4. The van der Waals surface area contributed by atoms with E-state index in [1.54, 1.807) is 6.92 Å². The van der Waals surface area contributed by atoms with Gasteiger partial charge in [0.05, 0.1) is 5.92 Å². The Balaban J connectivity index is 1.74. The van der Waals surface area contributed by atoms with Gasteiger partial charge in [0, 0.05) is 44.9 Å². The second-order valence-corrected chi connectivity index (χ2v) is 7.22. The third-order valence-corrected chi connectivity index (χ3v) is 4.72. The highest BCUT2D eigenvalue weighted by atomic mass is 16.2. The zero-order chi connectivity index (χ0) is 17.7. The standard InChI is InChI=1S/C18H29N3O3/c1-14(2)5-4-8-19-9-11-20(12-10-19)18(24)15(3)13-21-16(22)6-7-17(21)23/h6-7,14-15H,4-5,8-13H2,1-3H3. The van der Waals surface area contributed by atoms with Crippen molar-refractivity contribution in [3.05, 3.63) is 12.2 Å². The van der Waals surface area contributed by atoms with Crippen LogP contribution in [0.4, 0.5) is 0 Å². The fraction of sp³-hybridized carbons (Fsp3) is 0.722. The second-order valence-electron chi connectivity index (χ2n) is 7.22. The summed E-state index contributed by atoms with van der Waals surface area (Å²) in [7, 11) is 0. The van der Waals surface area contributed by atoms with E-state index >= 15 is 0 Å². The topological polar surface area (TPSA) is 60.9 Å². The molecule has 6 heteroatoms. The molecule has 2 aliphatic heterocycles. The van der Waals surface area contributed by atoms with Crippen molar-refractivity contribution in [3.63, 3.8) is 0 Å². The van der Waals surface area contributed by atoms with Gasteiger partial charge in [-0.2, -0.15) is 0 Å². The molecule has 2 rings (SSSR count). The Morgan fingerprint density at radius 1 is 1.04 bits per heavy atom. The first kappa shape index (κ1) is 18.6. The van der Waals surface area contributed by atoms with Crippen LogP contribution < -0.4 is 0 Å². The summed E-state index contributed by atoms with van der Waals surface area (Å²) in [6.45, 7) is 10.8. The predicted octanol–water partition coefficient (Wildman–Crippen LogP) is 1.13. The SMILES string of the molecule is CC(C)CCCN1CCN(C(=O)C(C)CN2C(=O)C=CC2=O)CC1. The normalized spacial score (nSPS) is 20.3. The van der Waals surface area contributed by atoms with Gasteiger partial charge < -0.3 is 4.90 Å². The third-order valence-electron chi connectivity index (χ3n) is 4.72. The zero-order valence-electron chi connectivity index (χ0n) is 15.0. The van der Waals surface area contributed by atoms with E-state index in [9.17, 15) is 14.4 Å². The Morgan fingerprint density at radius 3 is 2.17 bits per heavy atom. The number of piperazine rings is 1. The molecular weight excluding hydrogens is 306 g/mol. The number of rotatable bonds is 7. The molecule has 0 aromatic heterocycles. The molecule has 0 aromatic rings. The summed E-state index contributed by atoms with van der Waals surface area (Å²) in [5, 5.41) is 0. The van der Waals surface area contributed by atoms with Crippen molar-refractivity contribution in [3.8, 4) is 0 Å². The maximum atomic E-state index is 12.5. The molecule has 1 saturated heterocycles. The van der Waals surface area contributed by atoms with E-state index in [4.69, 9.17) is 0 Å². The fourth-order valence-corrected chi connectivity index (χ4v) is 3.19. The van der Waals surface area contributed by atoms with Gasteiger partial charge in [0.1, 0.15) is 0 Å². The molecule has 1 atom stereocenters. The van der Waals surface area contributed by atoms with E-state index in [0.717, 1.165) is 43.5 Å². The average Bonchev–Trinajstić information content (AvgIpc) is 2.86. The predicted molar refractivity (Wildman–Crippen MR) is 92.1 cm³/mol. The molecule has 2 heterocycles. The molecule has 3 amide bonds. The molecule has 0 saturated carbocycles. The average molecular weight is 335 g/mol. The highest BCUT2D eigenvalue weighted by molar-refractivity contribution is 6.13. The highest BCUT2D eigenvalue weighted by Crippen LogP contribution is 2.13. The van der Waals surface area contributed by atoms with Crippen molar-refractivity contribution >= 4 is 17.7 Å². The lowest BCUT2D eigenvalue weighted by Gasteiger charge is -2.36. The summed E-state index contributed by atoms with van der Waals surface area (Å²) in [5.74, 6) is -0.238. The van der Waals surface area contributed by atoms with Crippen LogP contribution in [0.2, 0.25) is 0 Å². The number of nitrogens with zero attached hydrogens (tertiary/aromatic N) is 3. The molecule has 0 aliphatic carbocycles. The van der Waals surface area contributed by atoms with Crippen LogP contribution in [0.1, 0.15) is 33.6 Å². The largest absolute Gasteiger partial charge is 0.340 e. The third kappa shape index (κ3) is 4.90. The lowest BCUT2D eigenvalue weighted by atomic mass is 10.1. The lowest BCUT2D eigenvalue weighted by Crippen LogP contribution is -2.51. The molecule has 2 aliphatic rings. The molecule has 1 unspecified atom stereocenters. The molecule has 134 valence electrons. The van der Waals surface area contributed by atoms with Crippen LogP contribution in [0.15, 0.2) is 12.2 Å². The molecule has 0 radical (unpaired) electrons. The van der Waals surface area contributed by atoms with Gasteiger partial charge in [0.15, 0.2) is 0 Å². The monoisotopic (exact) mass is 335 g/mol. The highest BCUT2D eigenvalue weighted by Gasteiger charge is 2.30. The number of carbonyl (C=O) groups excluding carboxylic acids is 3. The van der Waals surface area contributed by atoms with E-state index in [1.165, 1.54) is 25.0 Å². The maximum absolute atomic E-state index is 12.5. The van der Waals surface area contributed by atoms with Crippen molar-refractivity contribution in [2.75, 3.05) is 39.3 Å². The molecule has 6 nitrogen and oxygen atoms in total. The Kier molecular flexibility index (Phi) is 6.54. The Bertz CT molecular complexity index is 490. The van der Waals surface area contributed by atoms with E-state index in [-0.39, 0.29) is 30.2 Å². The molecule has 24 heavy (non-hydrogen) atoms. The van der Waals surface area contributed by atoms with Crippen molar-refractivity contribution in [2.45, 2.75) is 33.6 Å². The number of amides is 3. The first-order valence-electron chi connectivity index (χ1n) is 8.93. The van der Waals surface area contributed by atoms with E-state index < -0.39 is 0 Å². The van der Waals surface area contributed by atoms with Crippen LogP contribution >= 0.6 is 0 Å². The Labute approximate surface area is 144 Å². The van der Waals surface area contributed by atoms with Gasteiger partial charge in [-0.05, 0) is 25.3 Å². The minimum Gasteiger partial charge on any atom is -0.340 e. The minimum atomic E-state index is -0.356. The van der Waals surface area contributed by atoms with Crippen LogP contribution in [-0.4, -0.2) is 71.7 Å². The van der Waals surface area contributed by atoms with Crippen LogP contribution in [0.3, 0.4) is 0 Å². The maximum Gasteiger partial charge on any atom is 0.253 e. The number of imide groups is 1. The summed E-state index contributed by atoms with van der Waals surface area (Å²) in [4.78, 5) is 41.2. The molecule has 0 bridgehead atoms. The van der Waals surface area contributed by atoms with Gasteiger partial charge in [0.25, 0.3) is 11.8 Å². The molecule has 0 spiro atoms. The first-order valence-corrected chi connectivity index (χ1v) is 8.93. The molecule has 0 N–H and O–H groups in total. The summed E-state index contributed by atoms with van der Waals surface area (Å²) < 4.78 is 0. The zero-order valence-corrected chi connectivity index (χ0v) is 15.0. The summed E-state index contributed by atoms with van der Waals surface area (Å²) in [5.41, 5.74) is 0. The van der Waals surface area contributed by atoms with Crippen LogP contribution in [-0.2, 0) is 14.4 Å². The summed E-state index contributed by atoms with van der Waals surface area (Å²) in [6, 6.07) is 0. The van der Waals surface area contributed by atoms with Gasteiger partial charge >= 0.3 is 0 Å². The molecular formula is C18H29N3O3. The minimum absolute atomic E-state index is 0.0318. The van der Waals surface area contributed by atoms with Crippen molar-refractivity contribution in [1.29, 1.82) is 0 Å². The van der Waals surface area contributed by atoms with Crippen LogP contribution in [0, 0.1) is 11.8 Å². The summed E-state index contributed by atoms with van der Waals surface area (Å²) >= 11 is 0. The van der Waals surface area contributed by atoms with Gasteiger partial charge in [-0.3, -0.25) is 24.2 Å². The quantitative estimate of drug-likeness (QED) is 0.654. The van der Waals surface area contributed by atoms with Gasteiger partial charge in [-0.1, -0.05) is 20.8 Å². The van der Waals surface area contributed by atoms with Crippen molar-refractivity contribution in [1.82, 2.24) is 14.7 Å². The van der Waals surface area contributed by atoms with E-state index in [0.29, 0.717) is 0 Å². The molecule has 0 aromatic carbocycles. The first-order chi connectivity index (χ1) is 11.4. The van der Waals surface area contributed by atoms with Gasteiger partial charge in [-0.15, -0.1) is 0 Å². The lowest BCUT2D eigenvalue weighted by molar-refractivity contribution is -0.141. The number of carbonyl (C=O) groups is 3. The van der Waals surface area contributed by atoms with E-state index in [1.807, 2.05) is 4.90 Å². The van der Waals surface area contributed by atoms with Crippen molar-refractivity contribution < 1.29 is 14.4 Å². The van der Waals surface area contributed by atoms with Gasteiger partial charge in [-0.25, -0.2) is 0 Å². The molecule has 1 fully saturated rings. The Morgan fingerprint density at radius 2 is 1.62 bits per heavy atom. The van der Waals surface area contributed by atoms with Crippen LogP contribution in [0.5, 0.6) is 0 Å². The van der Waals surface area contributed by atoms with Crippen LogP contribution in [0.25, 0.3) is 0 Å².